The first-order valence-corrected chi connectivity index (χ1v) is 6.74. The van der Waals surface area contributed by atoms with Gasteiger partial charge in [0, 0.05) is 12.2 Å². The molecule has 0 bridgehead atoms. The van der Waals surface area contributed by atoms with Gasteiger partial charge in [0.1, 0.15) is 5.39 Å². The maximum Gasteiger partial charge on any atom is 0.261 e. The van der Waals surface area contributed by atoms with Crippen LogP contribution in [-0.2, 0) is 0 Å². The number of H-pyrrole nitrogens is 1. The van der Waals surface area contributed by atoms with E-state index in [0.29, 0.717) is 6.07 Å². The number of rotatable bonds is 1. The zero-order valence-corrected chi connectivity index (χ0v) is 11.1. The van der Waals surface area contributed by atoms with Gasteiger partial charge in [0.2, 0.25) is 5.43 Å². The molecule has 0 saturated heterocycles. The van der Waals surface area contributed by atoms with E-state index in [1.54, 1.807) is 0 Å². The van der Waals surface area contributed by atoms with Crippen molar-refractivity contribution in [1.82, 2.24) is 9.55 Å². The Hall–Kier alpha value is -2.57. The number of fused-ring (bicyclic) bond motifs is 2. The lowest BCUT2D eigenvalue weighted by atomic mass is 10.1. The number of pyridine rings is 2. The van der Waals surface area contributed by atoms with E-state index in [2.05, 4.69) is 4.98 Å². The van der Waals surface area contributed by atoms with Crippen molar-refractivity contribution in [2.45, 2.75) is 18.9 Å². The van der Waals surface area contributed by atoms with Crippen LogP contribution in [-0.4, -0.2) is 9.55 Å². The Morgan fingerprint density at radius 2 is 1.86 bits per heavy atom. The van der Waals surface area contributed by atoms with Gasteiger partial charge in [-0.2, -0.15) is 0 Å². The fourth-order valence-corrected chi connectivity index (χ4v) is 2.85. The number of nitrogens with one attached hydrogen (secondary N) is 1. The Labute approximate surface area is 120 Å². The number of halogens is 3. The molecular weight excluding hydrogens is 297 g/mol. The smallest absolute Gasteiger partial charge is 0.261 e. The van der Waals surface area contributed by atoms with Crippen LogP contribution in [0.15, 0.2) is 27.9 Å². The molecule has 0 spiro atoms. The minimum Gasteiger partial charge on any atom is -0.334 e. The zero-order chi connectivity index (χ0) is 15.6. The summed E-state index contributed by atoms with van der Waals surface area (Å²) in [5, 5.41) is -0.500. The Balaban J connectivity index is 2.40. The predicted octanol–water partition coefficient (Wildman–Crippen LogP) is 2.60. The molecule has 1 fully saturated rings. The SMILES string of the molecule is O=c1[nH]ccc2c1c(=O)c1cc(F)c(F)c(F)c1n2C1CC1. The average molecular weight is 306 g/mol. The van der Waals surface area contributed by atoms with Crippen LogP contribution in [0.4, 0.5) is 13.2 Å². The number of hydrogen-bond donors (Lipinski definition) is 1. The Kier molecular flexibility index (Phi) is 2.52. The first-order chi connectivity index (χ1) is 10.5. The van der Waals surface area contributed by atoms with Crippen LogP contribution in [0.3, 0.4) is 0 Å². The first kappa shape index (κ1) is 13.1. The highest BCUT2D eigenvalue weighted by atomic mass is 19.2. The van der Waals surface area contributed by atoms with Crippen LogP contribution >= 0.6 is 0 Å². The lowest BCUT2D eigenvalue weighted by Gasteiger charge is -2.15. The van der Waals surface area contributed by atoms with Crippen molar-refractivity contribution < 1.29 is 13.2 Å². The van der Waals surface area contributed by atoms with Crippen LogP contribution < -0.4 is 11.0 Å². The molecule has 0 radical (unpaired) electrons. The van der Waals surface area contributed by atoms with E-state index in [9.17, 15) is 22.8 Å². The normalized spacial score (nSPS) is 14.9. The van der Waals surface area contributed by atoms with Crippen LogP contribution in [0, 0.1) is 17.5 Å². The number of benzene rings is 1. The Morgan fingerprint density at radius 1 is 1.14 bits per heavy atom. The highest BCUT2D eigenvalue weighted by Gasteiger charge is 2.30. The summed E-state index contributed by atoms with van der Waals surface area (Å²) in [5.41, 5.74) is -1.50. The van der Waals surface area contributed by atoms with Crippen molar-refractivity contribution in [3.63, 3.8) is 0 Å². The molecule has 22 heavy (non-hydrogen) atoms. The number of nitrogens with zero attached hydrogens (tertiary/aromatic N) is 1. The van der Waals surface area contributed by atoms with Crippen LogP contribution in [0.25, 0.3) is 21.8 Å². The van der Waals surface area contributed by atoms with Crippen LogP contribution in [0.1, 0.15) is 18.9 Å². The van der Waals surface area contributed by atoms with Gasteiger partial charge in [-0.3, -0.25) is 9.59 Å². The second-order valence-corrected chi connectivity index (χ2v) is 5.38. The maximum atomic E-state index is 14.3. The Bertz CT molecular complexity index is 1060. The summed E-state index contributed by atoms with van der Waals surface area (Å²) in [4.78, 5) is 26.8. The number of aromatic amines is 1. The molecule has 3 aromatic rings. The monoisotopic (exact) mass is 306 g/mol. The number of hydrogen-bond acceptors (Lipinski definition) is 2. The summed E-state index contributed by atoms with van der Waals surface area (Å²) in [5.74, 6) is -4.47. The molecule has 1 saturated carbocycles. The summed E-state index contributed by atoms with van der Waals surface area (Å²) in [7, 11) is 0. The van der Waals surface area contributed by atoms with Gasteiger partial charge in [0.05, 0.1) is 16.4 Å². The van der Waals surface area contributed by atoms with Crippen LogP contribution in [0.2, 0.25) is 0 Å². The molecule has 0 atom stereocenters. The van der Waals surface area contributed by atoms with Gasteiger partial charge >= 0.3 is 0 Å². The third-order valence-electron chi connectivity index (χ3n) is 3.96. The molecule has 112 valence electrons. The van der Waals surface area contributed by atoms with E-state index in [4.69, 9.17) is 0 Å². The lowest BCUT2D eigenvalue weighted by molar-refractivity contribution is 0.450. The average Bonchev–Trinajstić information content (AvgIpc) is 3.31. The van der Waals surface area contributed by atoms with Gasteiger partial charge in [-0.1, -0.05) is 0 Å². The van der Waals surface area contributed by atoms with Gasteiger partial charge in [-0.15, -0.1) is 0 Å². The van der Waals surface area contributed by atoms with E-state index in [-0.39, 0.29) is 27.8 Å². The third-order valence-corrected chi connectivity index (χ3v) is 3.96. The molecule has 0 aliphatic heterocycles. The van der Waals surface area contributed by atoms with Crippen molar-refractivity contribution in [3.8, 4) is 0 Å². The van der Waals surface area contributed by atoms with Crippen molar-refractivity contribution in [1.29, 1.82) is 0 Å². The van der Waals surface area contributed by atoms with E-state index in [1.165, 1.54) is 16.8 Å². The second-order valence-electron chi connectivity index (χ2n) is 5.38. The minimum atomic E-state index is -1.62. The second kappa shape index (κ2) is 4.22. The summed E-state index contributed by atoms with van der Waals surface area (Å²) in [6, 6.07) is 1.99. The molecule has 1 aromatic carbocycles. The van der Waals surface area contributed by atoms with Crippen molar-refractivity contribution in [3.05, 3.63) is 56.4 Å². The quantitative estimate of drug-likeness (QED) is 0.555. The third kappa shape index (κ3) is 1.59. The topological polar surface area (TPSA) is 54.9 Å². The molecule has 1 aliphatic rings. The van der Waals surface area contributed by atoms with Gasteiger partial charge in [0.15, 0.2) is 17.5 Å². The molecule has 0 amide bonds. The summed E-state index contributed by atoms with van der Waals surface area (Å²) in [6.07, 6.45) is 2.78. The fraction of sp³-hybridized carbons (Fsp3) is 0.200. The molecule has 2 heterocycles. The predicted molar refractivity (Wildman–Crippen MR) is 74.5 cm³/mol. The summed E-state index contributed by atoms with van der Waals surface area (Å²) < 4.78 is 42.8. The minimum absolute atomic E-state index is 0.133. The van der Waals surface area contributed by atoms with E-state index >= 15 is 0 Å². The number of aromatic nitrogens is 2. The zero-order valence-electron chi connectivity index (χ0n) is 11.1. The summed E-state index contributed by atoms with van der Waals surface area (Å²) in [6.45, 7) is 0. The largest absolute Gasteiger partial charge is 0.334 e. The Morgan fingerprint density at radius 3 is 2.55 bits per heavy atom. The molecule has 7 heteroatoms. The summed E-state index contributed by atoms with van der Waals surface area (Å²) >= 11 is 0. The molecule has 0 unspecified atom stereocenters. The molecule has 2 aromatic heterocycles. The van der Waals surface area contributed by atoms with Gasteiger partial charge in [-0.05, 0) is 25.0 Å². The maximum absolute atomic E-state index is 14.3. The van der Waals surface area contributed by atoms with Crippen molar-refractivity contribution in [2.24, 2.45) is 0 Å². The van der Waals surface area contributed by atoms with E-state index in [1.807, 2.05) is 0 Å². The molecule has 4 rings (SSSR count). The molecular formula is C15H9F3N2O2. The van der Waals surface area contributed by atoms with Crippen molar-refractivity contribution >= 4 is 21.8 Å². The molecule has 1 N–H and O–H groups in total. The highest BCUT2D eigenvalue weighted by Crippen LogP contribution is 2.39. The van der Waals surface area contributed by atoms with Crippen LogP contribution in [0.5, 0.6) is 0 Å². The molecule has 4 nitrogen and oxygen atoms in total. The van der Waals surface area contributed by atoms with Gasteiger partial charge in [-0.25, -0.2) is 13.2 Å². The highest BCUT2D eigenvalue weighted by molar-refractivity contribution is 5.93. The first-order valence-electron chi connectivity index (χ1n) is 6.74. The molecule has 1 aliphatic carbocycles. The van der Waals surface area contributed by atoms with Gasteiger partial charge < -0.3 is 9.55 Å². The van der Waals surface area contributed by atoms with Crippen molar-refractivity contribution in [2.75, 3.05) is 0 Å². The fourth-order valence-electron chi connectivity index (χ4n) is 2.85. The van der Waals surface area contributed by atoms with Gasteiger partial charge in [0.25, 0.3) is 5.56 Å². The lowest BCUT2D eigenvalue weighted by Crippen LogP contribution is -2.21. The van der Waals surface area contributed by atoms with E-state index in [0.717, 1.165) is 12.8 Å². The standard InChI is InChI=1S/C15H9F3N2O2/c16-8-5-7-13(12(18)11(8)17)20(6-1-2-6)9-3-4-19-15(22)10(9)14(7)21/h3-6H,1-2H2,(H,19,22). The van der Waals surface area contributed by atoms with E-state index < -0.39 is 28.4 Å².